The molecule has 1 unspecified atom stereocenters. The molecule has 1 heterocycles. The first kappa shape index (κ1) is 19.3. The summed E-state index contributed by atoms with van der Waals surface area (Å²) in [5.41, 5.74) is -0.401. The van der Waals surface area contributed by atoms with Crippen LogP contribution in [0.15, 0.2) is 65.7 Å². The maximum absolute atomic E-state index is 14.5. The maximum atomic E-state index is 14.5. The summed E-state index contributed by atoms with van der Waals surface area (Å²) >= 11 is 5.83. The first-order valence-electron chi connectivity index (χ1n) is 7.78. The monoisotopic (exact) mass is 409 g/mol. The smallest absolute Gasteiger partial charge is 0.191 e. The van der Waals surface area contributed by atoms with Crippen LogP contribution in [0, 0.1) is 11.6 Å². The van der Waals surface area contributed by atoms with E-state index in [1.54, 1.807) is 6.07 Å². The van der Waals surface area contributed by atoms with Gasteiger partial charge in [-0.25, -0.2) is 17.2 Å². The van der Waals surface area contributed by atoms with Crippen LogP contribution in [0.2, 0.25) is 5.02 Å². The molecule has 0 aliphatic carbocycles. The van der Waals surface area contributed by atoms with E-state index in [1.165, 1.54) is 43.6 Å². The van der Waals surface area contributed by atoms with Gasteiger partial charge >= 0.3 is 0 Å². The Balaban J connectivity index is 2.31. The molecule has 0 amide bonds. The van der Waals surface area contributed by atoms with Crippen LogP contribution in [0.5, 0.6) is 5.75 Å². The molecule has 0 aliphatic rings. The molecule has 0 fully saturated rings. The van der Waals surface area contributed by atoms with Crippen molar-refractivity contribution in [3.05, 3.63) is 88.7 Å². The molecule has 3 rings (SSSR count). The number of nitrogens with zero attached hydrogens (tertiary/aromatic N) is 1. The zero-order valence-electron chi connectivity index (χ0n) is 14.1. The summed E-state index contributed by atoms with van der Waals surface area (Å²) < 4.78 is 60.2. The molecule has 0 N–H and O–H groups in total. The van der Waals surface area contributed by atoms with E-state index in [4.69, 9.17) is 16.3 Å². The van der Waals surface area contributed by atoms with Crippen LogP contribution < -0.4 is 4.74 Å². The molecule has 140 valence electrons. The molecule has 0 aliphatic heterocycles. The van der Waals surface area contributed by atoms with Crippen molar-refractivity contribution < 1.29 is 21.9 Å². The predicted octanol–water partition coefficient (Wildman–Crippen LogP) is 4.59. The number of aromatic nitrogens is 1. The van der Waals surface area contributed by atoms with Crippen LogP contribution >= 0.6 is 11.6 Å². The molecule has 0 saturated carbocycles. The van der Waals surface area contributed by atoms with Crippen LogP contribution in [0.25, 0.3) is 0 Å². The van der Waals surface area contributed by atoms with Gasteiger partial charge in [0.2, 0.25) is 0 Å². The summed E-state index contributed by atoms with van der Waals surface area (Å²) in [5, 5.41) is -1.26. The van der Waals surface area contributed by atoms with Gasteiger partial charge < -0.3 is 4.74 Å². The van der Waals surface area contributed by atoms with E-state index in [2.05, 4.69) is 4.98 Å². The Labute approximate surface area is 160 Å². The minimum Gasteiger partial charge on any atom is -0.495 e. The van der Waals surface area contributed by atoms with Crippen molar-refractivity contribution in [3.63, 3.8) is 0 Å². The lowest BCUT2D eigenvalue weighted by molar-refractivity contribution is 0.406. The third-order valence-corrected chi connectivity index (χ3v) is 6.24. The molecule has 8 heteroatoms. The first-order valence-corrected chi connectivity index (χ1v) is 9.70. The second-order valence-corrected chi connectivity index (χ2v) is 8.10. The normalized spacial score (nSPS) is 12.6. The average molecular weight is 410 g/mol. The van der Waals surface area contributed by atoms with Gasteiger partial charge in [-0.05, 0) is 54.6 Å². The summed E-state index contributed by atoms with van der Waals surface area (Å²) in [5.74, 6) is -1.49. The Morgan fingerprint density at radius 1 is 1.07 bits per heavy atom. The highest BCUT2D eigenvalue weighted by Gasteiger charge is 2.36. The molecule has 0 radical (unpaired) electrons. The van der Waals surface area contributed by atoms with E-state index in [9.17, 15) is 17.2 Å². The fraction of sp³-hybridized carbons (Fsp3) is 0.105. The number of pyridine rings is 1. The van der Waals surface area contributed by atoms with Gasteiger partial charge in [-0.1, -0.05) is 11.6 Å². The van der Waals surface area contributed by atoms with E-state index >= 15 is 0 Å². The van der Waals surface area contributed by atoms with Gasteiger partial charge in [-0.15, -0.1) is 0 Å². The first-order chi connectivity index (χ1) is 12.8. The van der Waals surface area contributed by atoms with Crippen LogP contribution in [0.1, 0.15) is 16.5 Å². The van der Waals surface area contributed by atoms with Gasteiger partial charge in [0.25, 0.3) is 0 Å². The Kier molecular flexibility index (Phi) is 5.43. The number of ether oxygens (including phenoxy) is 1. The Morgan fingerprint density at radius 3 is 2.44 bits per heavy atom. The zero-order chi connectivity index (χ0) is 19.6. The van der Waals surface area contributed by atoms with Crippen molar-refractivity contribution >= 4 is 21.4 Å². The molecule has 3 aromatic rings. The molecule has 0 bridgehead atoms. The molecular formula is C19H14ClF2NO3S. The summed E-state index contributed by atoms with van der Waals surface area (Å²) in [6, 6.07) is 11.1. The van der Waals surface area contributed by atoms with Crippen LogP contribution in [0.4, 0.5) is 8.78 Å². The SMILES string of the molecule is COc1cccnc1C(c1cc(F)ccc1F)S(=O)(=O)c1ccc(Cl)cc1. The summed E-state index contributed by atoms with van der Waals surface area (Å²) in [6.45, 7) is 0. The van der Waals surface area contributed by atoms with E-state index in [0.717, 1.165) is 18.2 Å². The topological polar surface area (TPSA) is 56.3 Å². The Hall–Kier alpha value is -2.51. The molecule has 1 aromatic heterocycles. The number of hydrogen-bond donors (Lipinski definition) is 0. The van der Waals surface area contributed by atoms with Gasteiger partial charge in [0.15, 0.2) is 9.84 Å². The fourth-order valence-corrected chi connectivity index (χ4v) is 4.61. The van der Waals surface area contributed by atoms with Crippen LogP contribution in [-0.2, 0) is 9.84 Å². The number of sulfone groups is 1. The third kappa shape index (κ3) is 3.79. The van der Waals surface area contributed by atoms with Crippen LogP contribution in [0.3, 0.4) is 0 Å². The van der Waals surface area contributed by atoms with Crippen molar-refractivity contribution in [3.8, 4) is 5.75 Å². The summed E-state index contributed by atoms with van der Waals surface area (Å²) in [4.78, 5) is 3.98. The van der Waals surface area contributed by atoms with Crippen molar-refractivity contribution in [1.82, 2.24) is 4.98 Å². The number of rotatable bonds is 5. The van der Waals surface area contributed by atoms with Crippen molar-refractivity contribution in [2.24, 2.45) is 0 Å². The maximum Gasteiger partial charge on any atom is 0.191 e. The highest BCUT2D eigenvalue weighted by atomic mass is 35.5. The number of halogens is 3. The van der Waals surface area contributed by atoms with Crippen molar-refractivity contribution in [1.29, 1.82) is 0 Å². The number of hydrogen-bond acceptors (Lipinski definition) is 4. The van der Waals surface area contributed by atoms with E-state index in [-0.39, 0.29) is 21.9 Å². The van der Waals surface area contributed by atoms with Gasteiger partial charge in [0.1, 0.15) is 28.3 Å². The summed E-state index contributed by atoms with van der Waals surface area (Å²) in [7, 11) is -2.86. The Morgan fingerprint density at radius 2 is 1.78 bits per heavy atom. The molecule has 27 heavy (non-hydrogen) atoms. The lowest BCUT2D eigenvalue weighted by Gasteiger charge is -2.20. The minimum atomic E-state index is -4.20. The highest BCUT2D eigenvalue weighted by molar-refractivity contribution is 7.91. The van der Waals surface area contributed by atoms with Gasteiger partial charge in [0, 0.05) is 16.8 Å². The number of benzene rings is 2. The van der Waals surface area contributed by atoms with Crippen LogP contribution in [-0.4, -0.2) is 20.5 Å². The molecule has 1 atom stereocenters. The molecule has 0 saturated heterocycles. The predicted molar refractivity (Wildman–Crippen MR) is 97.6 cm³/mol. The van der Waals surface area contributed by atoms with Crippen molar-refractivity contribution in [2.75, 3.05) is 7.11 Å². The lowest BCUT2D eigenvalue weighted by atomic mass is 10.1. The molecule has 0 spiro atoms. The molecule has 4 nitrogen and oxygen atoms in total. The second kappa shape index (κ2) is 7.62. The quantitative estimate of drug-likeness (QED) is 0.618. The van der Waals surface area contributed by atoms with Crippen molar-refractivity contribution in [2.45, 2.75) is 10.1 Å². The second-order valence-electron chi connectivity index (χ2n) is 5.64. The zero-order valence-corrected chi connectivity index (χ0v) is 15.6. The number of methoxy groups -OCH3 is 1. The lowest BCUT2D eigenvalue weighted by Crippen LogP contribution is -2.19. The Bertz CT molecular complexity index is 1070. The average Bonchev–Trinajstić information content (AvgIpc) is 2.65. The van der Waals surface area contributed by atoms with Gasteiger partial charge in [-0.3, -0.25) is 4.98 Å². The van der Waals surface area contributed by atoms with E-state index in [1.807, 2.05) is 0 Å². The highest BCUT2D eigenvalue weighted by Crippen LogP contribution is 2.39. The fourth-order valence-electron chi connectivity index (χ4n) is 2.71. The minimum absolute atomic E-state index is 0.0422. The van der Waals surface area contributed by atoms with E-state index < -0.39 is 26.7 Å². The third-order valence-electron chi connectivity index (χ3n) is 3.96. The van der Waals surface area contributed by atoms with Gasteiger partial charge in [0.05, 0.1) is 12.0 Å². The summed E-state index contributed by atoms with van der Waals surface area (Å²) in [6.07, 6.45) is 1.36. The largest absolute Gasteiger partial charge is 0.495 e. The van der Waals surface area contributed by atoms with Gasteiger partial charge in [-0.2, -0.15) is 0 Å². The standard InChI is InChI=1S/C19H14ClF2NO3S/c1-26-17-3-2-10-23-18(17)19(15-11-13(21)6-9-16(15)22)27(24,25)14-7-4-12(20)5-8-14/h2-11,19H,1H3. The molecular weight excluding hydrogens is 396 g/mol. The van der Waals surface area contributed by atoms with E-state index in [0.29, 0.717) is 5.02 Å². The molecule has 2 aromatic carbocycles.